The smallest absolute Gasteiger partial charge is 0.194 e. The average Bonchev–Trinajstić information content (AvgIpc) is 3.09. The van der Waals surface area contributed by atoms with Crippen molar-refractivity contribution in [1.29, 1.82) is 0 Å². The van der Waals surface area contributed by atoms with Gasteiger partial charge in [-0.05, 0) is 31.4 Å². The van der Waals surface area contributed by atoms with Crippen LogP contribution in [0.5, 0.6) is 0 Å². The van der Waals surface area contributed by atoms with Gasteiger partial charge in [0.05, 0.1) is 29.9 Å². The molecule has 2 heterocycles. The van der Waals surface area contributed by atoms with Gasteiger partial charge in [-0.25, -0.2) is 4.98 Å². The van der Waals surface area contributed by atoms with Crippen LogP contribution in [0.4, 0.5) is 0 Å². The van der Waals surface area contributed by atoms with Crippen molar-refractivity contribution < 1.29 is 5.11 Å². The fourth-order valence-corrected chi connectivity index (χ4v) is 4.13. The Kier molecular flexibility index (Phi) is 7.42. The number of rotatable bonds is 7. The number of fused-ring (bicyclic) bond motifs is 1. The summed E-state index contributed by atoms with van der Waals surface area (Å²) < 4.78 is 0. The number of hydrogen-bond acceptors (Lipinski definition) is 5. The van der Waals surface area contributed by atoms with Gasteiger partial charge in [-0.1, -0.05) is 24.3 Å². The lowest BCUT2D eigenvalue weighted by molar-refractivity contribution is 0.111. The van der Waals surface area contributed by atoms with E-state index in [2.05, 4.69) is 61.7 Å². The van der Waals surface area contributed by atoms with Crippen molar-refractivity contribution in [3.8, 4) is 0 Å². The SMILES string of the molecule is CCNC(=NCC(O)CN1CCc2ccccc2C1)N(C)Cc1csc(C)n1. The predicted molar refractivity (Wildman–Crippen MR) is 116 cm³/mol. The summed E-state index contributed by atoms with van der Waals surface area (Å²) in [6, 6.07) is 8.58. The first-order valence-corrected chi connectivity index (χ1v) is 10.8. The highest BCUT2D eigenvalue weighted by molar-refractivity contribution is 7.09. The Morgan fingerprint density at radius 2 is 2.18 bits per heavy atom. The summed E-state index contributed by atoms with van der Waals surface area (Å²) in [5.74, 6) is 0.802. The largest absolute Gasteiger partial charge is 0.390 e. The second-order valence-corrected chi connectivity index (χ2v) is 8.38. The van der Waals surface area contributed by atoms with Crippen molar-refractivity contribution in [2.24, 2.45) is 4.99 Å². The second kappa shape index (κ2) is 10.0. The molecule has 152 valence electrons. The minimum atomic E-state index is -0.478. The minimum absolute atomic E-state index is 0.390. The third kappa shape index (κ3) is 5.77. The van der Waals surface area contributed by atoms with E-state index in [-0.39, 0.29) is 0 Å². The highest BCUT2D eigenvalue weighted by atomic mass is 32.1. The molecule has 28 heavy (non-hydrogen) atoms. The molecular weight excluding hydrogens is 370 g/mol. The first kappa shape index (κ1) is 20.8. The zero-order chi connectivity index (χ0) is 19.9. The zero-order valence-corrected chi connectivity index (χ0v) is 17.9. The fourth-order valence-electron chi connectivity index (χ4n) is 3.53. The van der Waals surface area contributed by atoms with E-state index in [9.17, 15) is 5.11 Å². The van der Waals surface area contributed by atoms with Crippen molar-refractivity contribution in [3.05, 3.63) is 51.5 Å². The molecule has 0 amide bonds. The van der Waals surface area contributed by atoms with Crippen LogP contribution in [0.15, 0.2) is 34.6 Å². The average molecular weight is 402 g/mol. The summed E-state index contributed by atoms with van der Waals surface area (Å²) in [4.78, 5) is 13.6. The molecule has 0 spiro atoms. The molecule has 1 aromatic heterocycles. The van der Waals surface area contributed by atoms with Gasteiger partial charge in [0.2, 0.25) is 0 Å². The van der Waals surface area contributed by atoms with Crippen molar-refractivity contribution in [2.45, 2.75) is 39.5 Å². The van der Waals surface area contributed by atoms with Gasteiger partial charge in [0.1, 0.15) is 0 Å². The molecule has 7 heteroatoms. The Balaban J connectivity index is 1.53. The van der Waals surface area contributed by atoms with Gasteiger partial charge in [-0.2, -0.15) is 0 Å². The topological polar surface area (TPSA) is 64.0 Å². The molecule has 6 nitrogen and oxygen atoms in total. The van der Waals surface area contributed by atoms with Crippen molar-refractivity contribution in [3.63, 3.8) is 0 Å². The number of aliphatic hydroxyl groups excluding tert-OH is 1. The van der Waals surface area contributed by atoms with Crippen LogP contribution in [0.1, 0.15) is 28.8 Å². The van der Waals surface area contributed by atoms with E-state index in [1.807, 2.05) is 14.0 Å². The quantitative estimate of drug-likeness (QED) is 0.550. The standard InChI is InChI=1S/C21H31N5OS/c1-4-22-21(25(3)13-19-15-28-16(2)24-19)23-11-20(27)14-26-10-9-17-7-5-6-8-18(17)12-26/h5-8,15,20,27H,4,9-14H2,1-3H3,(H,22,23). The van der Waals surface area contributed by atoms with Gasteiger partial charge in [0, 0.05) is 38.6 Å². The number of benzene rings is 1. The molecular formula is C21H31N5OS. The number of β-amino-alcohol motifs (C(OH)–C–C–N with tert-alkyl or cyclic N) is 1. The Morgan fingerprint density at radius 1 is 1.39 bits per heavy atom. The molecule has 2 aromatic rings. The molecule has 0 saturated carbocycles. The molecule has 0 radical (unpaired) electrons. The van der Waals surface area contributed by atoms with Crippen LogP contribution < -0.4 is 5.32 Å². The van der Waals surface area contributed by atoms with Crippen molar-refractivity contribution in [2.75, 3.05) is 33.2 Å². The predicted octanol–water partition coefficient (Wildman–Crippen LogP) is 2.27. The second-order valence-electron chi connectivity index (χ2n) is 7.32. The molecule has 1 unspecified atom stereocenters. The highest BCUT2D eigenvalue weighted by Gasteiger charge is 2.18. The van der Waals surface area contributed by atoms with Crippen LogP contribution in [0, 0.1) is 6.92 Å². The Hall–Kier alpha value is -1.96. The number of aryl methyl sites for hydroxylation is 1. The van der Waals surface area contributed by atoms with E-state index >= 15 is 0 Å². The van der Waals surface area contributed by atoms with Gasteiger partial charge in [0.15, 0.2) is 5.96 Å². The summed E-state index contributed by atoms with van der Waals surface area (Å²) >= 11 is 1.66. The summed E-state index contributed by atoms with van der Waals surface area (Å²) in [7, 11) is 2.00. The van der Waals surface area contributed by atoms with Gasteiger partial charge >= 0.3 is 0 Å². The fraction of sp³-hybridized carbons (Fsp3) is 0.524. The van der Waals surface area contributed by atoms with Crippen molar-refractivity contribution in [1.82, 2.24) is 20.1 Å². The number of hydrogen-bond donors (Lipinski definition) is 2. The number of nitrogens with one attached hydrogen (secondary N) is 1. The Labute approximate surface area is 171 Å². The van der Waals surface area contributed by atoms with Crippen LogP contribution >= 0.6 is 11.3 Å². The minimum Gasteiger partial charge on any atom is -0.390 e. The molecule has 0 aliphatic carbocycles. The van der Waals surface area contributed by atoms with E-state index in [0.717, 1.165) is 42.7 Å². The number of nitrogens with zero attached hydrogens (tertiary/aromatic N) is 4. The van der Waals surface area contributed by atoms with Gasteiger partial charge in [-0.15, -0.1) is 11.3 Å². The van der Waals surface area contributed by atoms with E-state index in [4.69, 9.17) is 0 Å². The first-order chi connectivity index (χ1) is 13.5. The molecule has 3 rings (SSSR count). The third-order valence-electron chi connectivity index (χ3n) is 4.89. The highest BCUT2D eigenvalue weighted by Crippen LogP contribution is 2.18. The molecule has 0 bridgehead atoms. The summed E-state index contributed by atoms with van der Waals surface area (Å²) in [5.41, 5.74) is 3.85. The Morgan fingerprint density at radius 3 is 2.89 bits per heavy atom. The van der Waals surface area contributed by atoms with E-state index in [1.165, 1.54) is 11.1 Å². The van der Waals surface area contributed by atoms with Gasteiger partial charge < -0.3 is 15.3 Å². The van der Waals surface area contributed by atoms with E-state index in [1.54, 1.807) is 11.3 Å². The van der Waals surface area contributed by atoms with Crippen LogP contribution in [0.3, 0.4) is 0 Å². The lowest BCUT2D eigenvalue weighted by Gasteiger charge is -2.30. The lowest BCUT2D eigenvalue weighted by Crippen LogP contribution is -2.41. The normalized spacial score (nSPS) is 15.9. The number of aromatic nitrogens is 1. The summed E-state index contributed by atoms with van der Waals surface area (Å²) in [6.07, 6.45) is 0.568. The van der Waals surface area contributed by atoms with Gasteiger partial charge in [-0.3, -0.25) is 9.89 Å². The zero-order valence-electron chi connectivity index (χ0n) is 17.1. The molecule has 2 N–H and O–H groups in total. The Bertz CT molecular complexity index is 791. The van der Waals surface area contributed by atoms with E-state index in [0.29, 0.717) is 19.6 Å². The monoisotopic (exact) mass is 401 g/mol. The molecule has 1 aliphatic rings. The molecule has 1 aromatic carbocycles. The van der Waals surface area contributed by atoms with Crippen LogP contribution in [0.25, 0.3) is 0 Å². The maximum atomic E-state index is 10.5. The van der Waals surface area contributed by atoms with Gasteiger partial charge in [0.25, 0.3) is 0 Å². The lowest BCUT2D eigenvalue weighted by atomic mass is 10.00. The van der Waals surface area contributed by atoms with E-state index < -0.39 is 6.10 Å². The molecule has 0 saturated heterocycles. The molecule has 1 atom stereocenters. The number of thiazole rings is 1. The molecule has 0 fully saturated rings. The number of aliphatic imine (C=N–C) groups is 1. The van der Waals surface area contributed by atoms with Crippen LogP contribution in [-0.2, 0) is 19.5 Å². The van der Waals surface area contributed by atoms with Crippen molar-refractivity contribution >= 4 is 17.3 Å². The maximum Gasteiger partial charge on any atom is 0.194 e. The summed E-state index contributed by atoms with van der Waals surface area (Å²) in [5, 5.41) is 17.0. The maximum absolute atomic E-state index is 10.5. The summed E-state index contributed by atoms with van der Waals surface area (Å²) in [6.45, 7) is 8.49. The third-order valence-corrected chi connectivity index (χ3v) is 5.71. The first-order valence-electron chi connectivity index (χ1n) is 9.92. The molecule has 1 aliphatic heterocycles. The number of guanidine groups is 1. The van der Waals surface area contributed by atoms with Crippen LogP contribution in [0.2, 0.25) is 0 Å². The number of aliphatic hydroxyl groups is 1. The van der Waals surface area contributed by atoms with Crippen LogP contribution in [-0.4, -0.2) is 65.2 Å².